The molecule has 1 aliphatic carbocycles. The van der Waals surface area contributed by atoms with E-state index < -0.39 is 0 Å². The summed E-state index contributed by atoms with van der Waals surface area (Å²) in [5.41, 5.74) is 6.18. The number of carbonyl (C=O) groups is 1. The lowest BCUT2D eigenvalue weighted by Crippen LogP contribution is -2.28. The lowest BCUT2D eigenvalue weighted by atomic mass is 9.89. The molecule has 25 heavy (non-hydrogen) atoms. The molecule has 0 saturated heterocycles. The fourth-order valence-corrected chi connectivity index (χ4v) is 3.63. The van der Waals surface area contributed by atoms with Gasteiger partial charge in [-0.25, -0.2) is 0 Å². The first kappa shape index (κ1) is 17.5. The Balaban J connectivity index is 1.63. The van der Waals surface area contributed by atoms with Crippen molar-refractivity contribution in [1.82, 2.24) is 5.32 Å². The molecular weight excluding hydrogens is 310 g/mol. The van der Waals surface area contributed by atoms with Crippen molar-refractivity contribution in [3.63, 3.8) is 0 Å². The van der Waals surface area contributed by atoms with Crippen LogP contribution in [0.25, 0.3) is 0 Å². The van der Waals surface area contributed by atoms with Gasteiger partial charge in [0.25, 0.3) is 0 Å². The minimum Gasteiger partial charge on any atom is -0.496 e. The number of methoxy groups -OCH3 is 1. The highest BCUT2D eigenvalue weighted by atomic mass is 16.5. The van der Waals surface area contributed by atoms with Gasteiger partial charge < -0.3 is 10.1 Å². The second-order valence-electron chi connectivity index (χ2n) is 7.01. The molecule has 0 aromatic heterocycles. The number of amides is 1. The number of nitrogens with one attached hydrogen (secondary N) is 1. The van der Waals surface area contributed by atoms with Crippen LogP contribution in [0, 0.1) is 6.92 Å². The Hall–Kier alpha value is -2.29. The number of aryl methyl sites for hydroxylation is 3. The van der Waals surface area contributed by atoms with Crippen molar-refractivity contribution in [2.24, 2.45) is 0 Å². The Kier molecular flexibility index (Phi) is 5.42. The van der Waals surface area contributed by atoms with Gasteiger partial charge >= 0.3 is 0 Å². The molecule has 0 bridgehead atoms. The van der Waals surface area contributed by atoms with Gasteiger partial charge in [0.05, 0.1) is 19.6 Å². The monoisotopic (exact) mass is 337 g/mol. The Labute approximate surface area is 150 Å². The summed E-state index contributed by atoms with van der Waals surface area (Å²) < 4.78 is 5.27. The van der Waals surface area contributed by atoms with Gasteiger partial charge in [-0.2, -0.15) is 0 Å². The Morgan fingerprint density at radius 1 is 1.12 bits per heavy atom. The summed E-state index contributed by atoms with van der Waals surface area (Å²) in [4.78, 5) is 12.4. The number of ether oxygens (including phenoxy) is 1. The highest BCUT2D eigenvalue weighted by Gasteiger charge is 2.14. The Bertz CT molecular complexity index is 767. The van der Waals surface area contributed by atoms with Crippen molar-refractivity contribution in [2.45, 2.75) is 52.0 Å². The summed E-state index contributed by atoms with van der Waals surface area (Å²) in [6, 6.07) is 12.6. The van der Waals surface area contributed by atoms with Crippen molar-refractivity contribution < 1.29 is 9.53 Å². The molecule has 3 nitrogen and oxygen atoms in total. The topological polar surface area (TPSA) is 38.3 Å². The van der Waals surface area contributed by atoms with Crippen LogP contribution >= 0.6 is 0 Å². The van der Waals surface area contributed by atoms with Crippen LogP contribution in [0.5, 0.6) is 5.75 Å². The van der Waals surface area contributed by atoms with E-state index >= 15 is 0 Å². The SMILES string of the molecule is COc1ccc(CC(=O)NC(C)c2ccc3c(c2)CCCC3)cc1C. The molecule has 1 N–H and O–H groups in total. The smallest absolute Gasteiger partial charge is 0.224 e. The third-order valence-electron chi connectivity index (χ3n) is 5.07. The van der Waals surface area contributed by atoms with Gasteiger partial charge in [-0.15, -0.1) is 0 Å². The number of hydrogen-bond acceptors (Lipinski definition) is 2. The maximum absolute atomic E-state index is 12.4. The van der Waals surface area contributed by atoms with Crippen LogP contribution in [0.1, 0.15) is 53.6 Å². The van der Waals surface area contributed by atoms with E-state index in [1.54, 1.807) is 7.11 Å². The molecule has 3 rings (SSSR count). The third kappa shape index (κ3) is 4.22. The number of carbonyl (C=O) groups excluding carboxylic acids is 1. The van der Waals surface area contributed by atoms with Gasteiger partial charge in [-0.1, -0.05) is 30.3 Å². The molecule has 1 aliphatic rings. The number of hydrogen-bond donors (Lipinski definition) is 1. The van der Waals surface area contributed by atoms with Crippen LogP contribution in [0.15, 0.2) is 36.4 Å². The molecule has 1 unspecified atom stereocenters. The number of benzene rings is 2. The molecule has 2 aromatic carbocycles. The molecule has 132 valence electrons. The average Bonchev–Trinajstić information content (AvgIpc) is 2.61. The lowest BCUT2D eigenvalue weighted by molar-refractivity contribution is -0.121. The quantitative estimate of drug-likeness (QED) is 0.883. The maximum Gasteiger partial charge on any atom is 0.224 e. The largest absolute Gasteiger partial charge is 0.496 e. The summed E-state index contributed by atoms with van der Waals surface area (Å²) in [6.07, 6.45) is 5.30. The van der Waals surface area contributed by atoms with E-state index in [4.69, 9.17) is 4.74 Å². The van der Waals surface area contributed by atoms with Crippen LogP contribution in [0.4, 0.5) is 0 Å². The van der Waals surface area contributed by atoms with E-state index in [-0.39, 0.29) is 11.9 Å². The first-order valence-electron chi connectivity index (χ1n) is 9.11. The van der Waals surface area contributed by atoms with Gasteiger partial charge in [-0.3, -0.25) is 4.79 Å². The highest BCUT2D eigenvalue weighted by molar-refractivity contribution is 5.79. The van der Waals surface area contributed by atoms with E-state index in [1.165, 1.54) is 36.0 Å². The third-order valence-corrected chi connectivity index (χ3v) is 5.07. The zero-order chi connectivity index (χ0) is 17.8. The average molecular weight is 337 g/mol. The van der Waals surface area contributed by atoms with Gasteiger partial charge in [0, 0.05) is 0 Å². The van der Waals surface area contributed by atoms with Crippen LogP contribution < -0.4 is 10.1 Å². The van der Waals surface area contributed by atoms with Gasteiger partial charge in [-0.05, 0) is 73.4 Å². The molecule has 0 heterocycles. The van der Waals surface area contributed by atoms with Crippen molar-refractivity contribution >= 4 is 5.91 Å². The van der Waals surface area contributed by atoms with Crippen molar-refractivity contribution in [1.29, 1.82) is 0 Å². The van der Waals surface area contributed by atoms with Gasteiger partial charge in [0.15, 0.2) is 0 Å². The van der Waals surface area contributed by atoms with Crippen molar-refractivity contribution in [3.05, 3.63) is 64.2 Å². The summed E-state index contributed by atoms with van der Waals surface area (Å²) >= 11 is 0. The molecule has 0 aliphatic heterocycles. The molecule has 1 atom stereocenters. The zero-order valence-corrected chi connectivity index (χ0v) is 15.4. The van der Waals surface area contributed by atoms with Crippen molar-refractivity contribution in [3.8, 4) is 5.75 Å². The molecule has 2 aromatic rings. The number of rotatable bonds is 5. The van der Waals surface area contributed by atoms with E-state index in [9.17, 15) is 4.79 Å². The zero-order valence-electron chi connectivity index (χ0n) is 15.4. The van der Waals surface area contributed by atoms with Gasteiger partial charge in [0.2, 0.25) is 5.91 Å². The fourth-order valence-electron chi connectivity index (χ4n) is 3.63. The van der Waals surface area contributed by atoms with Crippen LogP contribution in [0.2, 0.25) is 0 Å². The first-order chi connectivity index (χ1) is 12.1. The second-order valence-corrected chi connectivity index (χ2v) is 7.01. The first-order valence-corrected chi connectivity index (χ1v) is 9.11. The standard InChI is InChI=1S/C22H27NO2/c1-15-12-17(8-11-21(15)25-3)13-22(24)23-16(2)19-10-9-18-6-4-5-7-20(18)14-19/h8-12,14,16H,4-7,13H2,1-3H3,(H,23,24). The minimum absolute atomic E-state index is 0.0269. The number of fused-ring (bicyclic) bond motifs is 1. The van der Waals surface area contributed by atoms with Gasteiger partial charge in [0.1, 0.15) is 5.75 Å². The van der Waals surface area contributed by atoms with Crippen LogP contribution in [0.3, 0.4) is 0 Å². The summed E-state index contributed by atoms with van der Waals surface area (Å²) in [6.45, 7) is 4.05. The van der Waals surface area contributed by atoms with E-state index in [2.05, 4.69) is 30.4 Å². The summed E-state index contributed by atoms with van der Waals surface area (Å²) in [5, 5.41) is 3.13. The molecule has 0 fully saturated rings. The minimum atomic E-state index is 0.0269. The maximum atomic E-state index is 12.4. The molecular formula is C22H27NO2. The van der Waals surface area contributed by atoms with E-state index in [0.29, 0.717) is 6.42 Å². The normalized spacial score (nSPS) is 14.5. The van der Waals surface area contributed by atoms with Crippen LogP contribution in [-0.4, -0.2) is 13.0 Å². The molecule has 1 amide bonds. The summed E-state index contributed by atoms with van der Waals surface area (Å²) in [5.74, 6) is 0.904. The molecule has 0 radical (unpaired) electrons. The van der Waals surface area contributed by atoms with Crippen LogP contribution in [-0.2, 0) is 24.1 Å². The predicted octanol–water partition coefficient (Wildman–Crippen LogP) is 4.30. The Morgan fingerprint density at radius 3 is 2.60 bits per heavy atom. The predicted molar refractivity (Wildman–Crippen MR) is 101 cm³/mol. The molecule has 0 spiro atoms. The Morgan fingerprint density at radius 2 is 1.88 bits per heavy atom. The van der Waals surface area contributed by atoms with E-state index in [1.807, 2.05) is 25.1 Å². The van der Waals surface area contributed by atoms with Crippen molar-refractivity contribution in [2.75, 3.05) is 7.11 Å². The lowest BCUT2D eigenvalue weighted by Gasteiger charge is -2.20. The highest BCUT2D eigenvalue weighted by Crippen LogP contribution is 2.25. The second kappa shape index (κ2) is 7.73. The summed E-state index contributed by atoms with van der Waals surface area (Å²) in [7, 11) is 1.66. The molecule has 3 heteroatoms. The molecule has 0 saturated carbocycles. The van der Waals surface area contributed by atoms with E-state index in [0.717, 1.165) is 23.3 Å². The fraction of sp³-hybridized carbons (Fsp3) is 0.409.